The highest BCUT2D eigenvalue weighted by atomic mass is 19.4. The van der Waals surface area contributed by atoms with Gasteiger partial charge in [-0.2, -0.15) is 13.2 Å². The maximum absolute atomic E-state index is 11.6. The zero-order valence-electron chi connectivity index (χ0n) is 7.32. The van der Waals surface area contributed by atoms with Crippen molar-refractivity contribution >= 4 is 5.84 Å². The van der Waals surface area contributed by atoms with E-state index in [1.807, 2.05) is 0 Å². The predicted molar refractivity (Wildman–Crippen MR) is 42.6 cm³/mol. The molecule has 0 rings (SSSR count). The summed E-state index contributed by atoms with van der Waals surface area (Å²) in [6.07, 6.45) is -5.70. The van der Waals surface area contributed by atoms with Crippen molar-refractivity contribution in [3.8, 4) is 0 Å². The lowest BCUT2D eigenvalue weighted by atomic mass is 10.3. The van der Waals surface area contributed by atoms with Crippen LogP contribution in [0.25, 0.3) is 0 Å². The molecule has 1 unspecified atom stereocenters. The first kappa shape index (κ1) is 12.2. The highest BCUT2D eigenvalue weighted by Crippen LogP contribution is 2.21. The Hall–Kier alpha value is -0.780. The second-order valence-electron chi connectivity index (χ2n) is 2.69. The Morgan fingerprint density at radius 1 is 1.54 bits per heavy atom. The van der Waals surface area contributed by atoms with Crippen LogP contribution < -0.4 is 5.73 Å². The minimum atomic E-state index is -4.14. The Labute approximate surface area is 74.6 Å². The van der Waals surface area contributed by atoms with Crippen molar-refractivity contribution in [1.82, 2.24) is 0 Å². The highest BCUT2D eigenvalue weighted by molar-refractivity contribution is 5.81. The van der Waals surface area contributed by atoms with Gasteiger partial charge in [-0.3, -0.25) is 5.41 Å². The van der Waals surface area contributed by atoms with Crippen LogP contribution in [0.2, 0.25) is 0 Å². The Kier molecular flexibility index (Phi) is 4.76. The summed E-state index contributed by atoms with van der Waals surface area (Å²) in [5.41, 5.74) is 5.04. The van der Waals surface area contributed by atoms with Gasteiger partial charge in [0.05, 0.1) is 0 Å². The van der Waals surface area contributed by atoms with E-state index in [2.05, 4.69) is 0 Å². The van der Waals surface area contributed by atoms with E-state index in [-0.39, 0.29) is 18.9 Å². The van der Waals surface area contributed by atoms with Crippen LogP contribution in [-0.2, 0) is 4.74 Å². The van der Waals surface area contributed by atoms with Crippen LogP contribution >= 0.6 is 0 Å². The van der Waals surface area contributed by atoms with Gasteiger partial charge in [-0.1, -0.05) is 0 Å². The third-order valence-electron chi connectivity index (χ3n) is 1.41. The predicted octanol–water partition coefficient (Wildman–Crippen LogP) is 1.67. The van der Waals surface area contributed by atoms with Crippen molar-refractivity contribution in [2.45, 2.75) is 32.0 Å². The summed E-state index contributed by atoms with van der Waals surface area (Å²) < 4.78 is 39.7. The van der Waals surface area contributed by atoms with Gasteiger partial charge in [0.2, 0.25) is 0 Å². The molecular weight excluding hydrogens is 185 g/mol. The van der Waals surface area contributed by atoms with Crippen molar-refractivity contribution in [3.63, 3.8) is 0 Å². The topological polar surface area (TPSA) is 59.1 Å². The van der Waals surface area contributed by atoms with Crippen LogP contribution in [0.15, 0.2) is 0 Å². The summed E-state index contributed by atoms with van der Waals surface area (Å²) in [7, 11) is 0. The first-order valence-electron chi connectivity index (χ1n) is 3.85. The van der Waals surface area contributed by atoms with E-state index in [1.54, 1.807) is 0 Å². The number of halogens is 3. The molecule has 3 N–H and O–H groups in total. The average molecular weight is 198 g/mol. The SMILES string of the molecule is CC(OCCCC(F)(F)F)C(=N)N. The molecule has 0 aliphatic heterocycles. The van der Waals surface area contributed by atoms with Gasteiger partial charge in [0, 0.05) is 13.0 Å². The van der Waals surface area contributed by atoms with Crippen LogP contribution in [0.3, 0.4) is 0 Å². The average Bonchev–Trinajstić information content (AvgIpc) is 1.95. The van der Waals surface area contributed by atoms with E-state index in [4.69, 9.17) is 15.9 Å². The maximum atomic E-state index is 11.6. The van der Waals surface area contributed by atoms with E-state index < -0.39 is 18.7 Å². The van der Waals surface area contributed by atoms with Gasteiger partial charge < -0.3 is 10.5 Å². The summed E-state index contributed by atoms with van der Waals surface area (Å²) in [5, 5.41) is 6.89. The molecule has 0 spiro atoms. The van der Waals surface area contributed by atoms with Crippen LogP contribution in [0.4, 0.5) is 13.2 Å². The molecular formula is C7H13F3N2O. The van der Waals surface area contributed by atoms with E-state index in [0.29, 0.717) is 0 Å². The quantitative estimate of drug-likeness (QED) is 0.401. The fraction of sp³-hybridized carbons (Fsp3) is 0.857. The molecule has 0 aromatic rings. The number of nitrogens with one attached hydrogen (secondary N) is 1. The largest absolute Gasteiger partial charge is 0.389 e. The molecule has 0 aliphatic rings. The molecule has 6 heteroatoms. The third-order valence-corrected chi connectivity index (χ3v) is 1.41. The molecule has 0 bridgehead atoms. The van der Waals surface area contributed by atoms with Gasteiger partial charge in [0.15, 0.2) is 0 Å². The van der Waals surface area contributed by atoms with Gasteiger partial charge in [-0.05, 0) is 13.3 Å². The van der Waals surface area contributed by atoms with Crippen LogP contribution in [0.1, 0.15) is 19.8 Å². The maximum Gasteiger partial charge on any atom is 0.389 e. The summed E-state index contributed by atoms with van der Waals surface area (Å²) in [5.74, 6) is -0.174. The number of rotatable bonds is 5. The Balaban J connectivity index is 3.41. The molecule has 0 saturated carbocycles. The van der Waals surface area contributed by atoms with Crippen LogP contribution in [-0.4, -0.2) is 24.7 Å². The Morgan fingerprint density at radius 3 is 2.46 bits per heavy atom. The molecule has 0 aromatic heterocycles. The number of hydrogen-bond donors (Lipinski definition) is 2. The minimum Gasteiger partial charge on any atom is -0.385 e. The molecule has 13 heavy (non-hydrogen) atoms. The third kappa shape index (κ3) is 7.58. The van der Waals surface area contributed by atoms with E-state index in [0.717, 1.165) is 0 Å². The molecule has 78 valence electrons. The molecule has 0 aromatic carbocycles. The van der Waals surface area contributed by atoms with Crippen molar-refractivity contribution < 1.29 is 17.9 Å². The molecule has 3 nitrogen and oxygen atoms in total. The zero-order valence-corrected chi connectivity index (χ0v) is 7.32. The summed E-state index contributed by atoms with van der Waals surface area (Å²) in [6.45, 7) is 1.50. The summed E-state index contributed by atoms with van der Waals surface area (Å²) in [6, 6.07) is 0. The number of alkyl halides is 3. The van der Waals surface area contributed by atoms with Crippen LogP contribution in [0, 0.1) is 5.41 Å². The first-order valence-corrected chi connectivity index (χ1v) is 3.85. The second kappa shape index (κ2) is 5.06. The molecule has 0 fully saturated rings. The van der Waals surface area contributed by atoms with Gasteiger partial charge in [0.1, 0.15) is 11.9 Å². The number of nitrogens with two attached hydrogens (primary N) is 1. The minimum absolute atomic E-state index is 0.0275. The van der Waals surface area contributed by atoms with Crippen molar-refractivity contribution in [1.29, 1.82) is 5.41 Å². The molecule has 1 atom stereocenters. The normalized spacial score (nSPS) is 14.2. The first-order chi connectivity index (χ1) is 5.83. The van der Waals surface area contributed by atoms with Crippen molar-refractivity contribution in [2.75, 3.05) is 6.61 Å². The lowest BCUT2D eigenvalue weighted by molar-refractivity contribution is -0.138. The smallest absolute Gasteiger partial charge is 0.385 e. The molecule has 0 amide bonds. The number of ether oxygens (including phenoxy) is 1. The number of amidine groups is 1. The lowest BCUT2D eigenvalue weighted by Gasteiger charge is -2.11. The fourth-order valence-electron chi connectivity index (χ4n) is 0.623. The van der Waals surface area contributed by atoms with Gasteiger partial charge in [-0.25, -0.2) is 0 Å². The van der Waals surface area contributed by atoms with E-state index in [1.165, 1.54) is 6.92 Å². The van der Waals surface area contributed by atoms with Gasteiger partial charge in [-0.15, -0.1) is 0 Å². The van der Waals surface area contributed by atoms with Gasteiger partial charge >= 0.3 is 6.18 Å². The summed E-state index contributed by atoms with van der Waals surface area (Å²) in [4.78, 5) is 0. The van der Waals surface area contributed by atoms with E-state index >= 15 is 0 Å². The Morgan fingerprint density at radius 2 is 2.08 bits per heavy atom. The standard InChI is InChI=1S/C7H13F3N2O/c1-5(6(11)12)13-4-2-3-7(8,9)10/h5H,2-4H2,1H3,(H3,11,12). The molecule has 0 saturated heterocycles. The zero-order chi connectivity index (χ0) is 10.5. The summed E-state index contributed by atoms with van der Waals surface area (Å²) >= 11 is 0. The number of hydrogen-bond acceptors (Lipinski definition) is 2. The fourth-order valence-corrected chi connectivity index (χ4v) is 0.623. The van der Waals surface area contributed by atoms with Gasteiger partial charge in [0.25, 0.3) is 0 Å². The molecule has 0 heterocycles. The lowest BCUT2D eigenvalue weighted by Crippen LogP contribution is -2.28. The highest BCUT2D eigenvalue weighted by Gasteiger charge is 2.26. The van der Waals surface area contributed by atoms with E-state index in [9.17, 15) is 13.2 Å². The molecule has 0 radical (unpaired) electrons. The van der Waals surface area contributed by atoms with Crippen LogP contribution in [0.5, 0.6) is 0 Å². The molecule has 0 aliphatic carbocycles. The van der Waals surface area contributed by atoms with Crippen molar-refractivity contribution in [2.24, 2.45) is 5.73 Å². The monoisotopic (exact) mass is 198 g/mol. The van der Waals surface area contributed by atoms with Crippen molar-refractivity contribution in [3.05, 3.63) is 0 Å². The Bertz CT molecular complexity index is 170. The second-order valence-corrected chi connectivity index (χ2v) is 2.69.